The molecule has 1 amide bonds. The van der Waals surface area contributed by atoms with E-state index in [9.17, 15) is 13.6 Å². The molecule has 0 bridgehead atoms. The van der Waals surface area contributed by atoms with Crippen molar-refractivity contribution < 1.29 is 13.6 Å². The van der Waals surface area contributed by atoms with Gasteiger partial charge in [-0.15, -0.1) is 0 Å². The first-order valence-electron chi connectivity index (χ1n) is 9.78. The van der Waals surface area contributed by atoms with Gasteiger partial charge in [0.25, 0.3) is 0 Å². The number of fused-ring (bicyclic) bond motifs is 1. The Morgan fingerprint density at radius 2 is 2.06 bits per heavy atom. The van der Waals surface area contributed by atoms with E-state index in [4.69, 9.17) is 5.26 Å². The van der Waals surface area contributed by atoms with Crippen molar-refractivity contribution in [3.8, 4) is 6.07 Å². The van der Waals surface area contributed by atoms with Crippen LogP contribution in [0, 0.1) is 23.0 Å². The van der Waals surface area contributed by atoms with Gasteiger partial charge < -0.3 is 0 Å². The largest absolute Gasteiger partial charge is 0.273 e. The van der Waals surface area contributed by atoms with Gasteiger partial charge >= 0.3 is 0 Å². The Bertz CT molecular complexity index is 1240. The first kappa shape index (κ1) is 20.4. The van der Waals surface area contributed by atoms with Crippen LogP contribution < -0.4 is 0 Å². The molecule has 2 heterocycles. The number of rotatable bonds is 6. The minimum absolute atomic E-state index is 0.115. The first-order valence-corrected chi connectivity index (χ1v) is 9.78. The molecule has 0 radical (unpaired) electrons. The third kappa shape index (κ3) is 4.21. The summed E-state index contributed by atoms with van der Waals surface area (Å²) in [4.78, 5) is 12.7. The lowest BCUT2D eigenvalue weighted by Crippen LogP contribution is -2.27. The summed E-state index contributed by atoms with van der Waals surface area (Å²) >= 11 is 0. The zero-order valence-electron chi connectivity index (χ0n) is 16.6. The molecule has 0 saturated heterocycles. The van der Waals surface area contributed by atoms with Crippen molar-refractivity contribution in [2.75, 3.05) is 0 Å². The number of hydrazone groups is 1. The molecule has 156 valence electrons. The van der Waals surface area contributed by atoms with Crippen LogP contribution in [0.15, 0.2) is 59.8 Å². The van der Waals surface area contributed by atoms with Gasteiger partial charge in [-0.05, 0) is 42.8 Å². The lowest BCUT2D eigenvalue weighted by atomic mass is 10.0. The number of benzene rings is 2. The summed E-state index contributed by atoms with van der Waals surface area (Å²) in [5, 5.41) is 19.5. The molecular weight excluding hydrogens is 400 g/mol. The van der Waals surface area contributed by atoms with E-state index in [-0.39, 0.29) is 17.9 Å². The van der Waals surface area contributed by atoms with E-state index < -0.39 is 17.7 Å². The van der Waals surface area contributed by atoms with Crippen molar-refractivity contribution in [1.82, 2.24) is 14.8 Å². The van der Waals surface area contributed by atoms with Gasteiger partial charge in [-0.1, -0.05) is 12.2 Å². The van der Waals surface area contributed by atoms with Gasteiger partial charge in [0.05, 0.1) is 35.9 Å². The lowest BCUT2D eigenvalue weighted by molar-refractivity contribution is -0.133. The second kappa shape index (κ2) is 8.48. The maximum absolute atomic E-state index is 14.2. The maximum atomic E-state index is 14.2. The highest BCUT2D eigenvalue weighted by Gasteiger charge is 2.30. The average Bonchev–Trinajstić information content (AvgIpc) is 3.41. The van der Waals surface area contributed by atoms with E-state index in [1.807, 2.05) is 6.07 Å². The quantitative estimate of drug-likeness (QED) is 0.553. The van der Waals surface area contributed by atoms with Crippen LogP contribution in [0.25, 0.3) is 10.9 Å². The predicted octanol–water partition coefficient (Wildman–Crippen LogP) is 4.48. The fourth-order valence-electron chi connectivity index (χ4n) is 3.65. The molecule has 1 aromatic heterocycles. The molecule has 0 N–H and O–H groups in total. The van der Waals surface area contributed by atoms with Gasteiger partial charge in [-0.3, -0.25) is 9.48 Å². The van der Waals surface area contributed by atoms with Crippen LogP contribution in [0.3, 0.4) is 0 Å². The summed E-state index contributed by atoms with van der Waals surface area (Å²) in [6.45, 7) is 4.46. The number of allylic oxidation sites excluding steroid dienone is 1. The van der Waals surface area contributed by atoms with E-state index in [1.54, 1.807) is 23.0 Å². The Balaban J connectivity index is 1.39. The summed E-state index contributed by atoms with van der Waals surface area (Å²) < 4.78 is 29.5. The van der Waals surface area contributed by atoms with Crippen molar-refractivity contribution in [3.05, 3.63) is 77.5 Å². The monoisotopic (exact) mass is 419 g/mol. The van der Waals surface area contributed by atoms with E-state index in [1.165, 1.54) is 11.2 Å². The summed E-state index contributed by atoms with van der Waals surface area (Å²) in [7, 11) is 0. The van der Waals surface area contributed by atoms with Gasteiger partial charge in [0.2, 0.25) is 5.91 Å². The minimum Gasteiger partial charge on any atom is -0.273 e. The molecule has 2 aromatic carbocycles. The summed E-state index contributed by atoms with van der Waals surface area (Å²) in [5.41, 5.74) is 2.34. The normalized spacial score (nSPS) is 15.4. The predicted molar refractivity (Wildman–Crippen MR) is 112 cm³/mol. The van der Waals surface area contributed by atoms with E-state index in [0.717, 1.165) is 34.7 Å². The zero-order valence-corrected chi connectivity index (χ0v) is 16.6. The van der Waals surface area contributed by atoms with E-state index >= 15 is 0 Å². The number of halogens is 2. The standard InChI is InChI=1S/C23H19F2N5O/c1-15(14-29-21-6-3-16(12-26)10-17(21)13-28-29)2-7-23(31)30-22(8-9-27-30)19-11-18(24)4-5-20(19)25/h3-6,9-11,13,22H,1-2,7-8,14H2. The molecule has 1 unspecified atom stereocenters. The smallest absolute Gasteiger partial charge is 0.243 e. The number of nitrogens with zero attached hydrogens (tertiary/aromatic N) is 5. The van der Waals surface area contributed by atoms with Crippen molar-refractivity contribution in [3.63, 3.8) is 0 Å². The number of amides is 1. The fraction of sp³-hybridized carbons (Fsp3) is 0.217. The fourth-order valence-corrected chi connectivity index (χ4v) is 3.65. The molecule has 1 aliphatic heterocycles. The van der Waals surface area contributed by atoms with Crippen molar-refractivity contribution in [2.45, 2.75) is 31.8 Å². The van der Waals surface area contributed by atoms with Crippen LogP contribution in [0.5, 0.6) is 0 Å². The molecule has 0 saturated carbocycles. The third-order valence-electron chi connectivity index (χ3n) is 5.24. The molecule has 1 aliphatic rings. The highest BCUT2D eigenvalue weighted by atomic mass is 19.1. The minimum atomic E-state index is -0.652. The van der Waals surface area contributed by atoms with Gasteiger partial charge in [0, 0.05) is 30.0 Å². The van der Waals surface area contributed by atoms with Gasteiger partial charge in [-0.2, -0.15) is 15.5 Å². The molecule has 31 heavy (non-hydrogen) atoms. The number of carbonyl (C=O) groups excluding carboxylic acids is 1. The topological polar surface area (TPSA) is 74.3 Å². The molecular formula is C23H19F2N5O. The first-order chi connectivity index (χ1) is 15.0. The lowest BCUT2D eigenvalue weighted by Gasteiger charge is -2.23. The second-order valence-electron chi connectivity index (χ2n) is 7.39. The Morgan fingerprint density at radius 1 is 1.23 bits per heavy atom. The van der Waals surface area contributed by atoms with E-state index in [2.05, 4.69) is 22.8 Å². The van der Waals surface area contributed by atoms with Gasteiger partial charge in [-0.25, -0.2) is 13.8 Å². The van der Waals surface area contributed by atoms with Crippen LogP contribution in [0.1, 0.15) is 36.4 Å². The number of hydrogen-bond acceptors (Lipinski definition) is 4. The molecule has 0 aliphatic carbocycles. The number of aromatic nitrogens is 2. The second-order valence-corrected chi connectivity index (χ2v) is 7.39. The maximum Gasteiger partial charge on any atom is 0.243 e. The molecule has 1 atom stereocenters. The van der Waals surface area contributed by atoms with Gasteiger partial charge in [0.15, 0.2) is 0 Å². The van der Waals surface area contributed by atoms with Crippen LogP contribution in [0.4, 0.5) is 8.78 Å². The Hall–Kier alpha value is -3.86. The molecule has 3 aromatic rings. The van der Waals surface area contributed by atoms with Crippen molar-refractivity contribution >= 4 is 23.0 Å². The average molecular weight is 419 g/mol. The molecule has 8 heteroatoms. The Kier molecular flexibility index (Phi) is 5.58. The van der Waals surface area contributed by atoms with Crippen LogP contribution >= 0.6 is 0 Å². The van der Waals surface area contributed by atoms with Crippen molar-refractivity contribution in [2.24, 2.45) is 5.10 Å². The van der Waals surface area contributed by atoms with Gasteiger partial charge in [0.1, 0.15) is 11.6 Å². The van der Waals surface area contributed by atoms with E-state index in [0.29, 0.717) is 24.9 Å². The Morgan fingerprint density at radius 3 is 2.87 bits per heavy atom. The third-order valence-corrected chi connectivity index (χ3v) is 5.24. The molecule has 0 spiro atoms. The number of hydrogen-bond donors (Lipinski definition) is 0. The van der Waals surface area contributed by atoms with Crippen LogP contribution in [-0.4, -0.2) is 26.9 Å². The van der Waals surface area contributed by atoms with Crippen molar-refractivity contribution in [1.29, 1.82) is 5.26 Å². The SMILES string of the molecule is C=C(CCC(=O)N1N=CCC1c1cc(F)ccc1F)Cn1ncc2cc(C#N)ccc21. The van der Waals surface area contributed by atoms with Crippen LogP contribution in [0.2, 0.25) is 0 Å². The summed E-state index contributed by atoms with van der Waals surface area (Å²) in [5.74, 6) is -1.41. The number of nitriles is 1. The highest BCUT2D eigenvalue weighted by Crippen LogP contribution is 2.31. The molecule has 4 rings (SSSR count). The van der Waals surface area contributed by atoms with Crippen LogP contribution in [-0.2, 0) is 11.3 Å². The summed E-state index contributed by atoms with van der Waals surface area (Å²) in [6.07, 6.45) is 4.10. The highest BCUT2D eigenvalue weighted by molar-refractivity contribution is 5.81. The zero-order chi connectivity index (χ0) is 22.0. The molecule has 6 nitrogen and oxygen atoms in total. The molecule has 0 fully saturated rings. The summed E-state index contributed by atoms with van der Waals surface area (Å²) in [6, 6.07) is 9.98. The Labute approximate surface area is 177 Å². The number of carbonyl (C=O) groups is 1.